The number of amides is 3. The van der Waals surface area contributed by atoms with Crippen molar-refractivity contribution in [3.8, 4) is 0 Å². The zero-order valence-corrected chi connectivity index (χ0v) is 21.9. The van der Waals surface area contributed by atoms with Crippen molar-refractivity contribution < 1.29 is 14.4 Å². The van der Waals surface area contributed by atoms with Gasteiger partial charge in [0.2, 0.25) is 11.8 Å². The highest BCUT2D eigenvalue weighted by Gasteiger charge is 2.42. The van der Waals surface area contributed by atoms with Gasteiger partial charge in [-0.05, 0) is 87.8 Å². The molecule has 2 saturated carbocycles. The van der Waals surface area contributed by atoms with Crippen LogP contribution in [0.5, 0.6) is 0 Å². The SMILES string of the molecule is CC(C)CN(C(=O)C1CC1)C1CCN(C(=O)c2cccnc2)[C@@H](C(=O)NCC2CCC(CN)CC2)C1. The number of piperidine rings is 1. The van der Waals surface area contributed by atoms with Crippen LogP contribution in [0.2, 0.25) is 0 Å². The van der Waals surface area contributed by atoms with Gasteiger partial charge in [-0.3, -0.25) is 19.4 Å². The third kappa shape index (κ3) is 6.64. The molecule has 0 spiro atoms. The van der Waals surface area contributed by atoms with E-state index in [-0.39, 0.29) is 29.7 Å². The molecule has 0 aromatic carbocycles. The Morgan fingerprint density at radius 1 is 1.11 bits per heavy atom. The molecule has 1 aromatic heterocycles. The van der Waals surface area contributed by atoms with Gasteiger partial charge >= 0.3 is 0 Å². The molecule has 3 N–H and O–H groups in total. The quantitative estimate of drug-likeness (QED) is 0.545. The van der Waals surface area contributed by atoms with Crippen LogP contribution in [-0.4, -0.2) is 70.8 Å². The number of hydrogen-bond donors (Lipinski definition) is 2. The van der Waals surface area contributed by atoms with Gasteiger partial charge in [-0.2, -0.15) is 0 Å². The molecule has 0 bridgehead atoms. The van der Waals surface area contributed by atoms with Gasteiger partial charge in [-0.25, -0.2) is 0 Å². The van der Waals surface area contributed by atoms with Crippen molar-refractivity contribution in [1.82, 2.24) is 20.1 Å². The van der Waals surface area contributed by atoms with Gasteiger partial charge < -0.3 is 20.9 Å². The molecular weight excluding hydrogens is 454 g/mol. The lowest BCUT2D eigenvalue weighted by Gasteiger charge is -2.43. The van der Waals surface area contributed by atoms with E-state index in [1.54, 1.807) is 29.4 Å². The fraction of sp³-hybridized carbons (Fsp3) is 0.714. The lowest BCUT2D eigenvalue weighted by atomic mass is 9.82. The van der Waals surface area contributed by atoms with E-state index in [2.05, 4.69) is 24.1 Å². The Labute approximate surface area is 215 Å². The summed E-state index contributed by atoms with van der Waals surface area (Å²) in [5, 5.41) is 3.17. The maximum absolute atomic E-state index is 13.6. The van der Waals surface area contributed by atoms with Crippen molar-refractivity contribution >= 4 is 17.7 Å². The van der Waals surface area contributed by atoms with Crippen molar-refractivity contribution in [2.24, 2.45) is 29.4 Å². The van der Waals surface area contributed by atoms with Gasteiger partial charge in [-0.15, -0.1) is 0 Å². The molecule has 36 heavy (non-hydrogen) atoms. The van der Waals surface area contributed by atoms with Gasteiger partial charge in [0.25, 0.3) is 5.91 Å². The van der Waals surface area contributed by atoms with E-state index in [1.165, 1.54) is 0 Å². The summed E-state index contributed by atoms with van der Waals surface area (Å²) in [5.41, 5.74) is 6.32. The molecule has 1 saturated heterocycles. The Hall–Kier alpha value is -2.48. The minimum Gasteiger partial charge on any atom is -0.354 e. The van der Waals surface area contributed by atoms with Gasteiger partial charge in [0.05, 0.1) is 5.56 Å². The fourth-order valence-electron chi connectivity index (χ4n) is 5.79. The minimum atomic E-state index is -0.599. The monoisotopic (exact) mass is 497 g/mol. The second-order valence-corrected chi connectivity index (χ2v) is 11.5. The number of nitrogens with zero attached hydrogens (tertiary/aromatic N) is 3. The van der Waals surface area contributed by atoms with Crippen LogP contribution in [-0.2, 0) is 9.59 Å². The van der Waals surface area contributed by atoms with E-state index in [9.17, 15) is 14.4 Å². The average Bonchev–Trinajstić information content (AvgIpc) is 3.76. The maximum atomic E-state index is 13.6. The number of pyridine rings is 1. The molecular formula is C28H43N5O3. The smallest absolute Gasteiger partial charge is 0.256 e. The maximum Gasteiger partial charge on any atom is 0.256 e. The van der Waals surface area contributed by atoms with E-state index in [0.717, 1.165) is 45.1 Å². The molecule has 8 nitrogen and oxygen atoms in total. The molecule has 3 fully saturated rings. The van der Waals surface area contributed by atoms with E-state index < -0.39 is 6.04 Å². The molecule has 2 heterocycles. The Morgan fingerprint density at radius 2 is 1.83 bits per heavy atom. The van der Waals surface area contributed by atoms with Gasteiger partial charge in [0, 0.05) is 44.0 Å². The van der Waals surface area contributed by atoms with E-state index >= 15 is 0 Å². The third-order valence-electron chi connectivity index (χ3n) is 8.12. The van der Waals surface area contributed by atoms with Crippen LogP contribution in [0.1, 0.15) is 75.6 Å². The highest BCUT2D eigenvalue weighted by molar-refractivity contribution is 5.97. The Balaban J connectivity index is 1.47. The van der Waals surface area contributed by atoms with E-state index in [1.807, 2.05) is 4.90 Å². The largest absolute Gasteiger partial charge is 0.354 e. The summed E-state index contributed by atoms with van der Waals surface area (Å²) in [6, 6.07) is 2.85. The number of rotatable bonds is 9. The summed E-state index contributed by atoms with van der Waals surface area (Å²) in [5.74, 6) is 1.47. The van der Waals surface area contributed by atoms with Crippen LogP contribution in [0.25, 0.3) is 0 Å². The van der Waals surface area contributed by atoms with Crippen molar-refractivity contribution in [3.05, 3.63) is 30.1 Å². The number of hydrogen-bond acceptors (Lipinski definition) is 5. The summed E-state index contributed by atoms with van der Waals surface area (Å²) in [6.45, 7) is 6.75. The fourth-order valence-corrected chi connectivity index (χ4v) is 5.79. The number of nitrogens with one attached hydrogen (secondary N) is 1. The minimum absolute atomic E-state index is 0.0332. The summed E-state index contributed by atoms with van der Waals surface area (Å²) >= 11 is 0. The topological polar surface area (TPSA) is 109 Å². The molecule has 8 heteroatoms. The Morgan fingerprint density at radius 3 is 2.44 bits per heavy atom. The first-order valence-electron chi connectivity index (χ1n) is 13.9. The van der Waals surface area contributed by atoms with E-state index in [0.29, 0.717) is 55.8 Å². The summed E-state index contributed by atoms with van der Waals surface area (Å²) < 4.78 is 0. The predicted octanol–water partition coefficient (Wildman–Crippen LogP) is 2.83. The summed E-state index contributed by atoms with van der Waals surface area (Å²) in [4.78, 5) is 48.0. The predicted molar refractivity (Wildman–Crippen MR) is 139 cm³/mol. The second-order valence-electron chi connectivity index (χ2n) is 11.5. The number of carbonyl (C=O) groups is 3. The van der Waals surface area contributed by atoms with Crippen molar-refractivity contribution in [3.63, 3.8) is 0 Å². The number of likely N-dealkylation sites (tertiary alicyclic amines) is 1. The average molecular weight is 498 g/mol. The normalized spacial score (nSPS) is 26.5. The molecule has 1 aromatic rings. The zero-order valence-electron chi connectivity index (χ0n) is 21.9. The number of nitrogens with two attached hydrogens (primary N) is 1. The molecule has 4 rings (SSSR count). The second kappa shape index (κ2) is 12.2. The van der Waals surface area contributed by atoms with Crippen LogP contribution in [0, 0.1) is 23.7 Å². The third-order valence-corrected chi connectivity index (χ3v) is 8.12. The van der Waals surface area contributed by atoms with Crippen molar-refractivity contribution in [2.45, 2.75) is 77.3 Å². The molecule has 3 aliphatic rings. The van der Waals surface area contributed by atoms with Crippen LogP contribution in [0.15, 0.2) is 24.5 Å². The first-order valence-corrected chi connectivity index (χ1v) is 13.9. The van der Waals surface area contributed by atoms with Gasteiger partial charge in [0.1, 0.15) is 6.04 Å². The molecule has 2 aliphatic carbocycles. The summed E-state index contributed by atoms with van der Waals surface area (Å²) in [6.07, 6.45) is 10.7. The molecule has 198 valence electrons. The molecule has 1 unspecified atom stereocenters. The van der Waals surface area contributed by atoms with Crippen LogP contribution in [0.3, 0.4) is 0 Å². The molecule has 3 amide bonds. The van der Waals surface area contributed by atoms with Crippen molar-refractivity contribution in [1.29, 1.82) is 0 Å². The Bertz CT molecular complexity index is 896. The summed E-state index contributed by atoms with van der Waals surface area (Å²) in [7, 11) is 0. The van der Waals surface area contributed by atoms with Crippen LogP contribution >= 0.6 is 0 Å². The first kappa shape index (κ1) is 26.6. The van der Waals surface area contributed by atoms with Crippen molar-refractivity contribution in [2.75, 3.05) is 26.2 Å². The highest BCUT2D eigenvalue weighted by atomic mass is 16.2. The van der Waals surface area contributed by atoms with Gasteiger partial charge in [-0.1, -0.05) is 13.8 Å². The lowest BCUT2D eigenvalue weighted by Crippen LogP contribution is -2.59. The van der Waals surface area contributed by atoms with Gasteiger partial charge in [0.15, 0.2) is 0 Å². The Kier molecular flexibility index (Phi) is 8.99. The molecule has 2 atom stereocenters. The first-order chi connectivity index (χ1) is 17.4. The molecule has 0 radical (unpaired) electrons. The molecule has 1 aliphatic heterocycles. The van der Waals surface area contributed by atoms with Crippen LogP contribution in [0.4, 0.5) is 0 Å². The zero-order chi connectivity index (χ0) is 25.7. The lowest BCUT2D eigenvalue weighted by molar-refractivity contribution is -0.139. The number of carbonyl (C=O) groups excluding carboxylic acids is 3. The standard InChI is InChI=1S/C28H43N5O3/c1-19(2)18-33(27(35)22-9-10-22)24-11-13-32(28(36)23-4-3-12-30-17-23)25(14-24)26(34)31-16-21-7-5-20(15-29)6-8-21/h3-4,12,17,19-22,24-25H,5-11,13-16,18,29H2,1-2H3,(H,31,34)/t20?,21?,24?,25-/m1/s1. The highest BCUT2D eigenvalue weighted by Crippen LogP contribution is 2.34. The van der Waals surface area contributed by atoms with Crippen LogP contribution < -0.4 is 11.1 Å². The number of aromatic nitrogens is 1. The van der Waals surface area contributed by atoms with E-state index in [4.69, 9.17) is 5.73 Å².